The molecule has 0 fully saturated rings. The normalized spacial score (nSPS) is 11.4. The first-order valence-corrected chi connectivity index (χ1v) is 11.7. The molecule has 178 valence electrons. The highest BCUT2D eigenvalue weighted by molar-refractivity contribution is 5.96. The fraction of sp³-hybridized carbons (Fsp3) is 0.0357. The van der Waals surface area contributed by atoms with Gasteiger partial charge in [0.15, 0.2) is 11.5 Å². The standard InChI is InChI=1S/C28H19N7O2/c1-2-4-17(5-3-1)15-37-21-10-19(12-29-14-21)20-11-22-25(34-35-27(22)31-13-20)28-32-23-6-8-30-24(26(23)33-28)18-7-9-36-16-18/h1-14,16H,15H2,(H,32,33)(H,31,34,35). The first kappa shape index (κ1) is 21.0. The molecule has 0 saturated carbocycles. The van der Waals surface area contributed by atoms with Crippen molar-refractivity contribution >= 4 is 22.1 Å². The number of fused-ring (bicyclic) bond motifs is 2. The van der Waals surface area contributed by atoms with Gasteiger partial charge in [0.1, 0.15) is 29.3 Å². The van der Waals surface area contributed by atoms with E-state index >= 15 is 0 Å². The molecule has 7 aromatic rings. The van der Waals surface area contributed by atoms with Gasteiger partial charge < -0.3 is 14.1 Å². The van der Waals surface area contributed by atoms with Gasteiger partial charge >= 0.3 is 0 Å². The van der Waals surface area contributed by atoms with Crippen molar-refractivity contribution in [2.75, 3.05) is 0 Å². The van der Waals surface area contributed by atoms with E-state index in [0.717, 1.165) is 50.1 Å². The zero-order valence-electron chi connectivity index (χ0n) is 19.4. The molecule has 7 rings (SSSR count). The summed E-state index contributed by atoms with van der Waals surface area (Å²) in [5, 5.41) is 8.31. The summed E-state index contributed by atoms with van der Waals surface area (Å²) in [5.74, 6) is 1.33. The molecule has 0 aliphatic rings. The maximum atomic E-state index is 5.97. The fourth-order valence-corrected chi connectivity index (χ4v) is 4.30. The van der Waals surface area contributed by atoms with E-state index in [1.54, 1.807) is 37.3 Å². The van der Waals surface area contributed by atoms with E-state index in [2.05, 4.69) is 30.1 Å². The van der Waals surface area contributed by atoms with Crippen molar-refractivity contribution in [3.05, 3.63) is 97.5 Å². The van der Waals surface area contributed by atoms with Crippen LogP contribution in [0, 0.1) is 0 Å². The van der Waals surface area contributed by atoms with E-state index in [9.17, 15) is 0 Å². The molecule has 0 bridgehead atoms. The summed E-state index contributed by atoms with van der Waals surface area (Å²) in [6.07, 6.45) is 10.3. The van der Waals surface area contributed by atoms with Crippen molar-refractivity contribution in [2.45, 2.75) is 6.61 Å². The van der Waals surface area contributed by atoms with Crippen LogP contribution >= 0.6 is 0 Å². The number of ether oxygens (including phenoxy) is 1. The molecule has 9 nitrogen and oxygen atoms in total. The Morgan fingerprint density at radius 3 is 2.70 bits per heavy atom. The van der Waals surface area contributed by atoms with E-state index in [0.29, 0.717) is 23.8 Å². The summed E-state index contributed by atoms with van der Waals surface area (Å²) >= 11 is 0. The van der Waals surface area contributed by atoms with Crippen LogP contribution in [0.4, 0.5) is 0 Å². The molecule has 6 aromatic heterocycles. The molecule has 0 aliphatic carbocycles. The number of benzene rings is 1. The van der Waals surface area contributed by atoms with Gasteiger partial charge in [-0.15, -0.1) is 0 Å². The third kappa shape index (κ3) is 3.88. The van der Waals surface area contributed by atoms with Crippen molar-refractivity contribution in [1.82, 2.24) is 35.1 Å². The minimum Gasteiger partial charge on any atom is -0.487 e. The van der Waals surface area contributed by atoms with Crippen molar-refractivity contribution in [2.24, 2.45) is 0 Å². The topological polar surface area (TPSA) is 118 Å². The van der Waals surface area contributed by atoms with Gasteiger partial charge in [0.2, 0.25) is 0 Å². The Labute approximate surface area is 210 Å². The Hall–Kier alpha value is -5.31. The van der Waals surface area contributed by atoms with Gasteiger partial charge in [0.25, 0.3) is 0 Å². The second-order valence-electron chi connectivity index (χ2n) is 8.53. The molecule has 9 heteroatoms. The van der Waals surface area contributed by atoms with Crippen molar-refractivity contribution < 1.29 is 9.15 Å². The van der Waals surface area contributed by atoms with Gasteiger partial charge in [-0.3, -0.25) is 15.1 Å². The molecule has 6 heterocycles. The quantitative estimate of drug-likeness (QED) is 0.306. The Bertz CT molecular complexity index is 1840. The average molecular weight is 486 g/mol. The molecular weight excluding hydrogens is 466 g/mol. The molecule has 0 aliphatic heterocycles. The summed E-state index contributed by atoms with van der Waals surface area (Å²) in [6.45, 7) is 0.469. The minimum absolute atomic E-state index is 0.469. The van der Waals surface area contributed by atoms with Crippen LogP contribution in [-0.4, -0.2) is 35.1 Å². The highest BCUT2D eigenvalue weighted by Gasteiger charge is 2.17. The minimum atomic E-state index is 0.469. The molecule has 2 N–H and O–H groups in total. The van der Waals surface area contributed by atoms with Crippen LogP contribution < -0.4 is 4.74 Å². The first-order valence-electron chi connectivity index (χ1n) is 11.7. The van der Waals surface area contributed by atoms with Gasteiger partial charge in [0.05, 0.1) is 29.6 Å². The third-order valence-electron chi connectivity index (χ3n) is 6.14. The van der Waals surface area contributed by atoms with E-state index < -0.39 is 0 Å². The largest absolute Gasteiger partial charge is 0.487 e. The number of furan rings is 1. The van der Waals surface area contributed by atoms with Crippen LogP contribution in [0.5, 0.6) is 5.75 Å². The predicted molar refractivity (Wildman–Crippen MR) is 138 cm³/mol. The number of H-pyrrole nitrogens is 2. The molecule has 0 radical (unpaired) electrons. The molecule has 0 saturated heterocycles. The Balaban J connectivity index is 1.24. The number of aromatic amines is 2. The van der Waals surface area contributed by atoms with Crippen molar-refractivity contribution in [3.63, 3.8) is 0 Å². The lowest BCUT2D eigenvalue weighted by Crippen LogP contribution is -1.96. The van der Waals surface area contributed by atoms with Gasteiger partial charge in [-0.25, -0.2) is 9.97 Å². The lowest BCUT2D eigenvalue weighted by molar-refractivity contribution is 0.305. The van der Waals surface area contributed by atoms with Crippen LogP contribution in [0.1, 0.15) is 5.56 Å². The number of imidazole rings is 1. The van der Waals surface area contributed by atoms with E-state index in [4.69, 9.17) is 14.1 Å². The third-order valence-corrected chi connectivity index (χ3v) is 6.14. The van der Waals surface area contributed by atoms with Gasteiger partial charge in [-0.05, 0) is 29.8 Å². The predicted octanol–water partition coefficient (Wildman–Crippen LogP) is 5.80. The molecule has 0 amide bonds. The van der Waals surface area contributed by atoms with Crippen molar-refractivity contribution in [1.29, 1.82) is 0 Å². The van der Waals surface area contributed by atoms with E-state index in [1.165, 1.54) is 0 Å². The van der Waals surface area contributed by atoms with Crippen LogP contribution in [0.15, 0.2) is 96.3 Å². The summed E-state index contributed by atoms with van der Waals surface area (Å²) in [5.41, 5.74) is 7.43. The average Bonchev–Trinajstić information content (AvgIpc) is 3.71. The second kappa shape index (κ2) is 8.72. The Morgan fingerprint density at radius 1 is 0.892 bits per heavy atom. The fourth-order valence-electron chi connectivity index (χ4n) is 4.30. The summed E-state index contributed by atoms with van der Waals surface area (Å²) < 4.78 is 11.2. The molecule has 37 heavy (non-hydrogen) atoms. The summed E-state index contributed by atoms with van der Waals surface area (Å²) in [7, 11) is 0. The highest BCUT2D eigenvalue weighted by atomic mass is 16.5. The van der Waals surface area contributed by atoms with Gasteiger partial charge in [0, 0.05) is 35.3 Å². The monoisotopic (exact) mass is 485 g/mol. The molecule has 0 atom stereocenters. The van der Waals surface area contributed by atoms with Gasteiger partial charge in [-0.1, -0.05) is 30.3 Å². The second-order valence-corrected chi connectivity index (χ2v) is 8.53. The summed E-state index contributed by atoms with van der Waals surface area (Å²) in [6, 6.07) is 17.8. The Morgan fingerprint density at radius 2 is 1.81 bits per heavy atom. The maximum absolute atomic E-state index is 5.97. The number of nitrogens with one attached hydrogen (secondary N) is 2. The molecule has 0 unspecified atom stereocenters. The number of rotatable bonds is 6. The van der Waals surface area contributed by atoms with E-state index in [1.807, 2.05) is 54.6 Å². The van der Waals surface area contributed by atoms with E-state index in [-0.39, 0.29) is 0 Å². The smallest absolute Gasteiger partial charge is 0.181 e. The first-order chi connectivity index (χ1) is 18.3. The van der Waals surface area contributed by atoms with Gasteiger partial charge in [-0.2, -0.15) is 5.10 Å². The zero-order chi connectivity index (χ0) is 24.6. The molecule has 0 spiro atoms. The molecule has 1 aromatic carbocycles. The maximum Gasteiger partial charge on any atom is 0.181 e. The number of nitrogens with zero attached hydrogens (tertiary/aromatic N) is 5. The van der Waals surface area contributed by atoms with Crippen LogP contribution in [0.2, 0.25) is 0 Å². The number of aromatic nitrogens is 7. The SMILES string of the molecule is c1ccc(COc2cncc(-c3cnc4n[nH]c(-c5nc6c(-c7ccoc7)nccc6[nH]5)c4c3)c2)cc1. The number of hydrogen-bond donors (Lipinski definition) is 2. The summed E-state index contributed by atoms with van der Waals surface area (Å²) in [4.78, 5) is 21.7. The van der Waals surface area contributed by atoms with Crippen LogP contribution in [0.3, 0.4) is 0 Å². The lowest BCUT2D eigenvalue weighted by atomic mass is 10.1. The lowest BCUT2D eigenvalue weighted by Gasteiger charge is -2.08. The Kier molecular flexibility index (Phi) is 4.95. The number of hydrogen-bond acceptors (Lipinski definition) is 7. The van der Waals surface area contributed by atoms with Crippen LogP contribution in [-0.2, 0) is 6.61 Å². The van der Waals surface area contributed by atoms with Crippen LogP contribution in [0.25, 0.3) is 56.0 Å². The van der Waals surface area contributed by atoms with Crippen molar-refractivity contribution in [3.8, 4) is 39.7 Å². The molecular formula is C28H19N7O2. The highest BCUT2D eigenvalue weighted by Crippen LogP contribution is 2.32. The zero-order valence-corrected chi connectivity index (χ0v) is 19.4. The number of pyridine rings is 3.